The van der Waals surface area contributed by atoms with Gasteiger partial charge in [0.25, 0.3) is 0 Å². The van der Waals surface area contributed by atoms with Gasteiger partial charge >= 0.3 is 0 Å². The van der Waals surface area contributed by atoms with E-state index in [-0.39, 0.29) is 17.1 Å². The average Bonchev–Trinajstić information content (AvgIpc) is 2.42. The minimum absolute atomic E-state index is 0.194. The van der Waals surface area contributed by atoms with E-state index in [4.69, 9.17) is 5.73 Å². The van der Waals surface area contributed by atoms with Crippen LogP contribution in [0.15, 0.2) is 53.4 Å². The minimum Gasteiger partial charge on any atom is -0.395 e. The molecule has 0 aliphatic rings. The van der Waals surface area contributed by atoms with Crippen LogP contribution in [0.4, 0.5) is 10.1 Å². The molecule has 2 aromatic carbocycles. The van der Waals surface area contributed by atoms with Gasteiger partial charge in [-0.2, -0.15) is 4.31 Å². The lowest BCUT2D eigenvalue weighted by Gasteiger charge is -2.18. The molecule has 2 aromatic rings. The summed E-state index contributed by atoms with van der Waals surface area (Å²) in [6.45, 7) is 0.194. The Balaban J connectivity index is 2.33. The van der Waals surface area contributed by atoms with Crippen molar-refractivity contribution in [2.45, 2.75) is 11.4 Å². The van der Waals surface area contributed by atoms with Gasteiger partial charge in [0.05, 0.1) is 5.69 Å². The van der Waals surface area contributed by atoms with Crippen molar-refractivity contribution in [3.05, 3.63) is 59.9 Å². The van der Waals surface area contributed by atoms with Crippen LogP contribution in [-0.4, -0.2) is 19.8 Å². The zero-order valence-electron chi connectivity index (χ0n) is 11.0. The predicted molar refractivity (Wildman–Crippen MR) is 75.9 cm³/mol. The van der Waals surface area contributed by atoms with Gasteiger partial charge in [0.1, 0.15) is 10.7 Å². The first-order valence-electron chi connectivity index (χ1n) is 5.97. The Morgan fingerprint density at radius 3 is 2.40 bits per heavy atom. The highest BCUT2D eigenvalue weighted by molar-refractivity contribution is 7.89. The number of anilines is 1. The Bertz CT molecular complexity index is 702. The molecule has 0 atom stereocenters. The molecule has 0 aliphatic carbocycles. The fourth-order valence-corrected chi connectivity index (χ4v) is 3.12. The number of sulfonamides is 1. The van der Waals surface area contributed by atoms with Crippen LogP contribution in [0.3, 0.4) is 0 Å². The lowest BCUT2D eigenvalue weighted by molar-refractivity contribution is 0.466. The summed E-state index contributed by atoms with van der Waals surface area (Å²) in [7, 11) is -2.38. The quantitative estimate of drug-likeness (QED) is 0.880. The number of hydrogen-bond donors (Lipinski definition) is 1. The van der Waals surface area contributed by atoms with Crippen molar-refractivity contribution in [3.8, 4) is 0 Å². The minimum atomic E-state index is -3.82. The lowest BCUT2D eigenvalue weighted by atomic mass is 10.2. The third-order valence-electron chi connectivity index (χ3n) is 2.95. The topological polar surface area (TPSA) is 63.4 Å². The van der Waals surface area contributed by atoms with E-state index in [1.54, 1.807) is 0 Å². The van der Waals surface area contributed by atoms with Gasteiger partial charge in [-0.15, -0.1) is 0 Å². The maximum absolute atomic E-state index is 13.4. The number of nitrogens with zero attached hydrogens (tertiary/aromatic N) is 1. The van der Waals surface area contributed by atoms with E-state index in [1.807, 2.05) is 30.3 Å². The van der Waals surface area contributed by atoms with E-state index in [0.717, 1.165) is 15.9 Å². The number of halogens is 1. The monoisotopic (exact) mass is 294 g/mol. The first-order valence-corrected chi connectivity index (χ1v) is 7.41. The van der Waals surface area contributed by atoms with Crippen LogP contribution in [-0.2, 0) is 16.6 Å². The first-order chi connectivity index (χ1) is 9.43. The van der Waals surface area contributed by atoms with Crippen molar-refractivity contribution in [1.82, 2.24) is 4.31 Å². The summed E-state index contributed by atoms with van der Waals surface area (Å²) in [4.78, 5) is -0.212. The number of nitrogens with two attached hydrogens (primary N) is 1. The van der Waals surface area contributed by atoms with Crippen LogP contribution >= 0.6 is 0 Å². The molecule has 106 valence electrons. The molecule has 0 saturated carbocycles. The molecule has 0 bridgehead atoms. The van der Waals surface area contributed by atoms with E-state index < -0.39 is 15.8 Å². The molecule has 20 heavy (non-hydrogen) atoms. The lowest BCUT2D eigenvalue weighted by Crippen LogP contribution is -2.27. The van der Waals surface area contributed by atoms with Gasteiger partial charge in [0.2, 0.25) is 10.0 Å². The fraction of sp³-hybridized carbons (Fsp3) is 0.143. The van der Waals surface area contributed by atoms with E-state index in [9.17, 15) is 12.8 Å². The number of para-hydroxylation sites is 1. The Kier molecular flexibility index (Phi) is 4.06. The van der Waals surface area contributed by atoms with E-state index in [0.29, 0.717) is 0 Å². The molecule has 0 saturated heterocycles. The molecule has 0 aliphatic heterocycles. The summed E-state index contributed by atoms with van der Waals surface area (Å²) in [6.07, 6.45) is 0. The van der Waals surface area contributed by atoms with Crippen LogP contribution in [0, 0.1) is 5.82 Å². The van der Waals surface area contributed by atoms with Crippen LogP contribution in [0.25, 0.3) is 0 Å². The van der Waals surface area contributed by atoms with Gasteiger partial charge in [0, 0.05) is 13.6 Å². The molecule has 0 unspecified atom stereocenters. The molecule has 2 rings (SSSR count). The van der Waals surface area contributed by atoms with Crippen molar-refractivity contribution < 1.29 is 12.8 Å². The molecular formula is C14H15FN2O2S. The van der Waals surface area contributed by atoms with Crippen LogP contribution in [0.5, 0.6) is 0 Å². The van der Waals surface area contributed by atoms with Gasteiger partial charge in [0.15, 0.2) is 0 Å². The average molecular weight is 294 g/mol. The summed E-state index contributed by atoms with van der Waals surface area (Å²) in [6, 6.07) is 12.9. The van der Waals surface area contributed by atoms with Gasteiger partial charge in [-0.1, -0.05) is 36.4 Å². The maximum Gasteiger partial charge on any atom is 0.245 e. The van der Waals surface area contributed by atoms with Crippen LogP contribution in [0.1, 0.15) is 5.56 Å². The van der Waals surface area contributed by atoms with E-state index in [2.05, 4.69) is 0 Å². The second kappa shape index (κ2) is 5.60. The van der Waals surface area contributed by atoms with Gasteiger partial charge in [-0.05, 0) is 17.7 Å². The first kappa shape index (κ1) is 14.5. The number of hydrogen-bond acceptors (Lipinski definition) is 3. The molecule has 0 radical (unpaired) electrons. The molecule has 6 heteroatoms. The predicted octanol–water partition coefficient (Wildman–Crippen LogP) is 2.23. The highest BCUT2D eigenvalue weighted by Gasteiger charge is 2.24. The largest absolute Gasteiger partial charge is 0.395 e. The van der Waals surface area contributed by atoms with Crippen molar-refractivity contribution in [2.75, 3.05) is 12.8 Å². The van der Waals surface area contributed by atoms with Crippen molar-refractivity contribution in [2.24, 2.45) is 0 Å². The maximum atomic E-state index is 13.4. The molecule has 2 N–H and O–H groups in total. The molecule has 0 spiro atoms. The van der Waals surface area contributed by atoms with E-state index in [1.165, 1.54) is 19.2 Å². The normalized spacial score (nSPS) is 11.8. The van der Waals surface area contributed by atoms with Crippen molar-refractivity contribution in [1.29, 1.82) is 0 Å². The fourth-order valence-electron chi connectivity index (χ4n) is 1.84. The third kappa shape index (κ3) is 2.81. The molecule has 0 aromatic heterocycles. The van der Waals surface area contributed by atoms with Crippen molar-refractivity contribution >= 4 is 15.7 Å². The molecular weight excluding hydrogens is 279 g/mol. The summed E-state index contributed by atoms with van der Waals surface area (Å²) in [5, 5.41) is 0. The highest BCUT2D eigenvalue weighted by atomic mass is 32.2. The van der Waals surface area contributed by atoms with Crippen molar-refractivity contribution in [3.63, 3.8) is 0 Å². The van der Waals surface area contributed by atoms with Gasteiger partial charge in [-0.25, -0.2) is 12.8 Å². The summed E-state index contributed by atoms with van der Waals surface area (Å²) in [5.41, 5.74) is 6.01. The molecule has 0 heterocycles. The Hall–Kier alpha value is -1.92. The molecule has 4 nitrogen and oxygen atoms in total. The zero-order chi connectivity index (χ0) is 14.8. The summed E-state index contributed by atoms with van der Waals surface area (Å²) in [5.74, 6) is -0.737. The Labute approximate surface area is 117 Å². The second-order valence-electron chi connectivity index (χ2n) is 4.40. The smallest absolute Gasteiger partial charge is 0.245 e. The SMILES string of the molecule is CN(Cc1ccccc1)S(=O)(=O)c1cccc(F)c1N. The molecule has 0 amide bonds. The van der Waals surface area contributed by atoms with Gasteiger partial charge in [-0.3, -0.25) is 0 Å². The Morgan fingerprint density at radius 1 is 1.10 bits per heavy atom. The second-order valence-corrected chi connectivity index (χ2v) is 6.41. The van der Waals surface area contributed by atoms with Crippen LogP contribution in [0.2, 0.25) is 0 Å². The number of benzene rings is 2. The standard InChI is InChI=1S/C14H15FN2O2S/c1-17(10-11-6-3-2-4-7-11)20(18,19)13-9-5-8-12(15)14(13)16/h2-9H,10,16H2,1H3. The van der Waals surface area contributed by atoms with Gasteiger partial charge < -0.3 is 5.73 Å². The summed E-state index contributed by atoms with van der Waals surface area (Å²) < 4.78 is 39.3. The molecule has 0 fully saturated rings. The highest BCUT2D eigenvalue weighted by Crippen LogP contribution is 2.24. The zero-order valence-corrected chi connectivity index (χ0v) is 11.8. The number of nitrogen functional groups attached to an aromatic ring is 1. The Morgan fingerprint density at radius 2 is 1.75 bits per heavy atom. The van der Waals surface area contributed by atoms with Crippen LogP contribution < -0.4 is 5.73 Å². The third-order valence-corrected chi connectivity index (χ3v) is 4.81. The van der Waals surface area contributed by atoms with E-state index >= 15 is 0 Å². The summed E-state index contributed by atoms with van der Waals surface area (Å²) >= 11 is 0. The number of rotatable bonds is 4.